The van der Waals surface area contributed by atoms with Gasteiger partial charge in [0.05, 0.1) is 25.4 Å². The minimum absolute atomic E-state index is 0.0333. The van der Waals surface area contributed by atoms with E-state index in [1.807, 2.05) is 6.20 Å². The van der Waals surface area contributed by atoms with E-state index in [4.69, 9.17) is 9.47 Å². The van der Waals surface area contributed by atoms with Gasteiger partial charge in [-0.3, -0.25) is 4.90 Å². The number of thiazole rings is 1. The quantitative estimate of drug-likeness (QED) is 0.847. The normalized spacial score (nSPS) is 32.2. The predicted molar refractivity (Wildman–Crippen MR) is 75.3 cm³/mol. The number of nitrogens with zero attached hydrogens (tertiary/aromatic N) is 2. The van der Waals surface area contributed by atoms with Crippen molar-refractivity contribution < 1.29 is 9.47 Å². The molecule has 0 radical (unpaired) electrons. The highest BCUT2D eigenvalue weighted by molar-refractivity contribution is 7.09. The molecule has 2 atom stereocenters. The van der Waals surface area contributed by atoms with Crippen LogP contribution in [0.25, 0.3) is 0 Å². The lowest BCUT2D eigenvalue weighted by atomic mass is 9.89. The molecule has 0 N–H and O–H groups in total. The second-order valence-electron chi connectivity index (χ2n) is 5.59. The van der Waals surface area contributed by atoms with Crippen molar-refractivity contribution >= 4 is 11.3 Å². The Bertz CT molecular complexity index is 398. The van der Waals surface area contributed by atoms with Crippen molar-refractivity contribution in [1.29, 1.82) is 0 Å². The molecule has 2 heterocycles. The van der Waals surface area contributed by atoms with E-state index < -0.39 is 0 Å². The molecule has 0 amide bonds. The summed E-state index contributed by atoms with van der Waals surface area (Å²) >= 11 is 1.74. The molecule has 1 aromatic rings. The maximum Gasteiger partial charge on any atom is 0.107 e. The highest BCUT2D eigenvalue weighted by Gasteiger charge is 2.46. The molecule has 106 valence electrons. The van der Waals surface area contributed by atoms with Gasteiger partial charge in [0.2, 0.25) is 0 Å². The number of rotatable bonds is 4. The lowest BCUT2D eigenvalue weighted by Crippen LogP contribution is -2.54. The molecule has 1 aromatic heterocycles. The van der Waals surface area contributed by atoms with E-state index >= 15 is 0 Å². The van der Waals surface area contributed by atoms with Crippen LogP contribution < -0.4 is 0 Å². The molecule has 3 rings (SSSR count). The lowest BCUT2D eigenvalue weighted by Gasteiger charge is -2.43. The Hall–Kier alpha value is -0.490. The second kappa shape index (κ2) is 5.87. The monoisotopic (exact) mass is 282 g/mol. The summed E-state index contributed by atoms with van der Waals surface area (Å²) in [4.78, 5) is 6.89. The first kappa shape index (κ1) is 13.5. The summed E-state index contributed by atoms with van der Waals surface area (Å²) in [7, 11) is 1.79. The molecule has 0 aromatic carbocycles. The van der Waals surface area contributed by atoms with Crippen LogP contribution in [0.5, 0.6) is 0 Å². The van der Waals surface area contributed by atoms with Crippen molar-refractivity contribution in [2.75, 3.05) is 33.4 Å². The van der Waals surface area contributed by atoms with E-state index in [0.29, 0.717) is 5.92 Å². The Labute approximate surface area is 118 Å². The zero-order valence-electron chi connectivity index (χ0n) is 11.5. The van der Waals surface area contributed by atoms with Gasteiger partial charge in [-0.1, -0.05) is 6.42 Å². The third-order valence-corrected chi connectivity index (χ3v) is 5.16. The topological polar surface area (TPSA) is 34.6 Å². The van der Waals surface area contributed by atoms with Crippen LogP contribution in [0.2, 0.25) is 0 Å². The fraction of sp³-hybridized carbons (Fsp3) is 0.786. The van der Waals surface area contributed by atoms with E-state index in [2.05, 4.69) is 15.3 Å². The maximum atomic E-state index is 6.20. The number of ether oxygens (including phenoxy) is 2. The van der Waals surface area contributed by atoms with Gasteiger partial charge in [-0.15, -0.1) is 11.3 Å². The van der Waals surface area contributed by atoms with Crippen molar-refractivity contribution in [1.82, 2.24) is 9.88 Å². The zero-order chi connectivity index (χ0) is 13.1. The molecule has 0 bridgehead atoms. The Morgan fingerprint density at radius 3 is 3.37 bits per heavy atom. The fourth-order valence-electron chi connectivity index (χ4n) is 3.49. The molecule has 5 heteroatoms. The molecule has 19 heavy (non-hydrogen) atoms. The van der Waals surface area contributed by atoms with Gasteiger partial charge in [0.1, 0.15) is 5.01 Å². The summed E-state index contributed by atoms with van der Waals surface area (Å²) in [6.07, 6.45) is 5.56. The maximum absolute atomic E-state index is 6.20. The smallest absolute Gasteiger partial charge is 0.107 e. The third-order valence-electron chi connectivity index (χ3n) is 4.40. The Kier molecular flexibility index (Phi) is 4.17. The second-order valence-corrected chi connectivity index (χ2v) is 6.57. The van der Waals surface area contributed by atoms with Gasteiger partial charge in [-0.2, -0.15) is 0 Å². The molecule has 1 aliphatic carbocycles. The number of hydrogen-bond acceptors (Lipinski definition) is 5. The number of methoxy groups -OCH3 is 1. The van der Waals surface area contributed by atoms with Crippen molar-refractivity contribution in [3.8, 4) is 0 Å². The van der Waals surface area contributed by atoms with Crippen LogP contribution >= 0.6 is 11.3 Å². The third kappa shape index (κ3) is 2.84. The lowest BCUT2D eigenvalue weighted by molar-refractivity contribution is -0.141. The molecule has 1 aliphatic heterocycles. The van der Waals surface area contributed by atoms with Crippen LogP contribution in [-0.4, -0.2) is 48.9 Å². The SMILES string of the molecule is COC[C@@H]1CCC[C@@]12CN(Cc1nccs1)CCO2. The summed E-state index contributed by atoms with van der Waals surface area (Å²) in [5.74, 6) is 0.552. The summed E-state index contributed by atoms with van der Waals surface area (Å²) in [6, 6.07) is 0. The fourth-order valence-corrected chi connectivity index (χ4v) is 4.15. The van der Waals surface area contributed by atoms with Gasteiger partial charge < -0.3 is 9.47 Å². The molecule has 2 aliphatic rings. The van der Waals surface area contributed by atoms with E-state index in [-0.39, 0.29) is 5.60 Å². The molecule has 2 fully saturated rings. The van der Waals surface area contributed by atoms with Crippen molar-refractivity contribution in [2.24, 2.45) is 5.92 Å². The van der Waals surface area contributed by atoms with Gasteiger partial charge in [0, 0.05) is 37.7 Å². The average molecular weight is 282 g/mol. The van der Waals surface area contributed by atoms with E-state index in [1.165, 1.54) is 24.3 Å². The molecule has 1 saturated carbocycles. The van der Waals surface area contributed by atoms with E-state index in [0.717, 1.165) is 32.8 Å². The van der Waals surface area contributed by atoms with Crippen molar-refractivity contribution in [3.63, 3.8) is 0 Å². The molecule has 0 unspecified atom stereocenters. The van der Waals surface area contributed by atoms with E-state index in [1.54, 1.807) is 18.4 Å². The van der Waals surface area contributed by atoms with Gasteiger partial charge in [-0.05, 0) is 12.8 Å². The Morgan fingerprint density at radius 2 is 2.58 bits per heavy atom. The van der Waals surface area contributed by atoms with Crippen LogP contribution in [0.15, 0.2) is 11.6 Å². The largest absolute Gasteiger partial charge is 0.384 e. The first-order valence-electron chi connectivity index (χ1n) is 7.06. The van der Waals surface area contributed by atoms with E-state index in [9.17, 15) is 0 Å². The molecular formula is C14H22N2O2S. The van der Waals surface area contributed by atoms with Gasteiger partial charge in [0.25, 0.3) is 0 Å². The van der Waals surface area contributed by atoms with Crippen LogP contribution in [0.4, 0.5) is 0 Å². The predicted octanol–water partition coefficient (Wildman–Crippen LogP) is 2.16. The van der Waals surface area contributed by atoms with Crippen LogP contribution in [0.1, 0.15) is 24.3 Å². The number of aromatic nitrogens is 1. The number of morpholine rings is 1. The first-order valence-corrected chi connectivity index (χ1v) is 7.94. The van der Waals surface area contributed by atoms with Gasteiger partial charge in [0.15, 0.2) is 0 Å². The van der Waals surface area contributed by atoms with Crippen molar-refractivity contribution in [3.05, 3.63) is 16.6 Å². The number of hydrogen-bond donors (Lipinski definition) is 0. The van der Waals surface area contributed by atoms with Crippen molar-refractivity contribution in [2.45, 2.75) is 31.4 Å². The Balaban J connectivity index is 1.66. The minimum atomic E-state index is 0.0333. The Morgan fingerprint density at radius 1 is 1.63 bits per heavy atom. The van der Waals surface area contributed by atoms with Crippen LogP contribution in [-0.2, 0) is 16.0 Å². The summed E-state index contributed by atoms with van der Waals surface area (Å²) < 4.78 is 11.6. The molecular weight excluding hydrogens is 260 g/mol. The molecule has 4 nitrogen and oxygen atoms in total. The summed E-state index contributed by atoms with van der Waals surface area (Å²) in [6.45, 7) is 4.67. The standard InChI is InChI=1S/C14H22N2O2S/c1-17-10-12-3-2-4-14(12)11-16(6-7-18-14)9-13-15-5-8-19-13/h5,8,12H,2-4,6-7,9-11H2,1H3/t12-,14+/m0/s1. The first-order chi connectivity index (χ1) is 9.32. The summed E-state index contributed by atoms with van der Waals surface area (Å²) in [5, 5.41) is 3.26. The highest BCUT2D eigenvalue weighted by Crippen LogP contribution is 2.41. The molecule has 1 saturated heterocycles. The minimum Gasteiger partial charge on any atom is -0.384 e. The van der Waals surface area contributed by atoms with Gasteiger partial charge in [-0.25, -0.2) is 4.98 Å². The average Bonchev–Trinajstić information content (AvgIpc) is 3.02. The highest BCUT2D eigenvalue weighted by atomic mass is 32.1. The van der Waals surface area contributed by atoms with Gasteiger partial charge >= 0.3 is 0 Å². The molecule has 1 spiro atoms. The summed E-state index contributed by atoms with van der Waals surface area (Å²) in [5.41, 5.74) is 0.0333. The zero-order valence-corrected chi connectivity index (χ0v) is 12.3. The van der Waals surface area contributed by atoms with Crippen LogP contribution in [0.3, 0.4) is 0 Å². The van der Waals surface area contributed by atoms with Crippen LogP contribution in [0, 0.1) is 5.92 Å².